The summed E-state index contributed by atoms with van der Waals surface area (Å²) >= 11 is 0. The standard InChI is InChI=1S/C18H17N3O6/c1-10(20-9-13(21(25)26)5-7-16(20)22)17(23)12-4-6-15-14(8-12)19(3)18(24)11(2)27-15/h4-11H,1-3H3. The maximum atomic E-state index is 12.8. The Kier molecular flexibility index (Phi) is 4.52. The molecule has 2 heterocycles. The van der Waals surface area contributed by atoms with Crippen LogP contribution in [0.1, 0.15) is 30.2 Å². The quantitative estimate of drug-likeness (QED) is 0.461. The van der Waals surface area contributed by atoms with Crippen LogP contribution in [0.2, 0.25) is 0 Å². The summed E-state index contributed by atoms with van der Waals surface area (Å²) in [7, 11) is 1.59. The van der Waals surface area contributed by atoms with Gasteiger partial charge in [0, 0.05) is 24.7 Å². The fourth-order valence-corrected chi connectivity index (χ4v) is 2.93. The first-order chi connectivity index (χ1) is 12.7. The van der Waals surface area contributed by atoms with E-state index in [1.165, 1.54) is 24.0 Å². The number of carbonyl (C=O) groups is 2. The van der Waals surface area contributed by atoms with Crippen LogP contribution in [0.25, 0.3) is 0 Å². The van der Waals surface area contributed by atoms with Gasteiger partial charge < -0.3 is 9.64 Å². The van der Waals surface area contributed by atoms with Gasteiger partial charge >= 0.3 is 0 Å². The summed E-state index contributed by atoms with van der Waals surface area (Å²) in [5.74, 6) is -0.184. The van der Waals surface area contributed by atoms with Crippen molar-refractivity contribution >= 4 is 23.1 Å². The smallest absolute Gasteiger partial charge is 0.285 e. The fraction of sp³-hybridized carbons (Fsp3) is 0.278. The molecule has 0 saturated carbocycles. The average molecular weight is 371 g/mol. The average Bonchev–Trinajstić information content (AvgIpc) is 2.65. The van der Waals surface area contributed by atoms with E-state index in [9.17, 15) is 24.5 Å². The van der Waals surface area contributed by atoms with E-state index in [2.05, 4.69) is 0 Å². The lowest BCUT2D eigenvalue weighted by atomic mass is 10.0. The zero-order valence-corrected chi connectivity index (χ0v) is 14.9. The first-order valence-electron chi connectivity index (χ1n) is 8.19. The maximum Gasteiger partial charge on any atom is 0.285 e. The zero-order chi connectivity index (χ0) is 19.9. The largest absolute Gasteiger partial charge is 0.479 e. The maximum absolute atomic E-state index is 12.8. The predicted octanol–water partition coefficient (Wildman–Crippen LogP) is 1.94. The van der Waals surface area contributed by atoms with Gasteiger partial charge in [-0.15, -0.1) is 0 Å². The lowest BCUT2D eigenvalue weighted by Gasteiger charge is -2.30. The Balaban J connectivity index is 1.98. The van der Waals surface area contributed by atoms with Crippen LogP contribution < -0.4 is 15.2 Å². The van der Waals surface area contributed by atoms with Crippen LogP contribution in [0.3, 0.4) is 0 Å². The van der Waals surface area contributed by atoms with E-state index in [1.54, 1.807) is 20.0 Å². The molecular formula is C18H17N3O6. The number of hydrogen-bond acceptors (Lipinski definition) is 6. The van der Waals surface area contributed by atoms with E-state index in [0.717, 1.165) is 22.9 Å². The van der Waals surface area contributed by atoms with Gasteiger partial charge in [-0.1, -0.05) is 0 Å². The Morgan fingerprint density at radius 3 is 2.63 bits per heavy atom. The molecule has 140 valence electrons. The molecule has 0 spiro atoms. The third kappa shape index (κ3) is 3.19. The van der Waals surface area contributed by atoms with Crippen LogP contribution in [0.15, 0.2) is 41.3 Å². The molecule has 9 heteroatoms. The van der Waals surface area contributed by atoms with Gasteiger partial charge in [0.15, 0.2) is 11.9 Å². The summed E-state index contributed by atoms with van der Waals surface area (Å²) in [6, 6.07) is 5.83. The number of Topliss-reactive ketones (excluding diaryl/α,β-unsaturated/α-hetero) is 1. The van der Waals surface area contributed by atoms with E-state index in [4.69, 9.17) is 4.74 Å². The number of ketones is 1. The number of aromatic nitrogens is 1. The number of ether oxygens (including phenoxy) is 1. The first kappa shape index (κ1) is 18.3. The molecule has 0 radical (unpaired) electrons. The van der Waals surface area contributed by atoms with E-state index in [1.807, 2.05) is 0 Å². The highest BCUT2D eigenvalue weighted by atomic mass is 16.6. The number of carbonyl (C=O) groups excluding carboxylic acids is 2. The molecule has 0 fully saturated rings. The van der Waals surface area contributed by atoms with Crippen molar-refractivity contribution in [3.8, 4) is 5.75 Å². The molecule has 1 amide bonds. The van der Waals surface area contributed by atoms with Crippen LogP contribution >= 0.6 is 0 Å². The molecule has 0 N–H and O–H groups in total. The number of fused-ring (bicyclic) bond motifs is 1. The van der Waals surface area contributed by atoms with Crippen molar-refractivity contribution in [2.45, 2.75) is 26.0 Å². The lowest BCUT2D eigenvalue weighted by molar-refractivity contribution is -0.385. The van der Waals surface area contributed by atoms with Crippen molar-refractivity contribution in [3.05, 3.63) is 62.6 Å². The Hall–Kier alpha value is -3.49. The third-order valence-electron chi connectivity index (χ3n) is 4.52. The number of rotatable bonds is 4. The number of benzene rings is 1. The van der Waals surface area contributed by atoms with E-state index in [-0.39, 0.29) is 17.2 Å². The number of hydrogen-bond donors (Lipinski definition) is 0. The second-order valence-corrected chi connectivity index (χ2v) is 6.27. The van der Waals surface area contributed by atoms with Gasteiger partial charge in [-0.05, 0) is 32.0 Å². The number of pyridine rings is 1. The molecule has 0 bridgehead atoms. The number of anilines is 1. The SMILES string of the molecule is CC1Oc2ccc(C(=O)C(C)n3cc([N+](=O)[O-])ccc3=O)cc2N(C)C1=O. The van der Waals surface area contributed by atoms with Gasteiger partial charge in [-0.3, -0.25) is 29.1 Å². The second-order valence-electron chi connectivity index (χ2n) is 6.27. The summed E-state index contributed by atoms with van der Waals surface area (Å²) in [4.78, 5) is 48.7. The first-order valence-corrected chi connectivity index (χ1v) is 8.19. The molecule has 0 saturated heterocycles. The molecule has 2 aromatic rings. The van der Waals surface area contributed by atoms with Gasteiger partial charge in [-0.2, -0.15) is 0 Å². The molecule has 1 aromatic heterocycles. The van der Waals surface area contributed by atoms with Crippen molar-refractivity contribution < 1.29 is 19.2 Å². The van der Waals surface area contributed by atoms with Crippen LogP contribution in [-0.2, 0) is 4.79 Å². The monoisotopic (exact) mass is 371 g/mol. The minimum atomic E-state index is -0.958. The Bertz CT molecular complexity index is 1010. The Morgan fingerprint density at radius 1 is 1.26 bits per heavy atom. The molecule has 27 heavy (non-hydrogen) atoms. The lowest BCUT2D eigenvalue weighted by Crippen LogP contribution is -2.42. The summed E-state index contributed by atoms with van der Waals surface area (Å²) in [6.07, 6.45) is 0.426. The highest BCUT2D eigenvalue weighted by Gasteiger charge is 2.30. The van der Waals surface area contributed by atoms with E-state index >= 15 is 0 Å². The van der Waals surface area contributed by atoms with Crippen molar-refractivity contribution in [2.24, 2.45) is 0 Å². The number of nitro groups is 1. The fourth-order valence-electron chi connectivity index (χ4n) is 2.93. The van der Waals surface area contributed by atoms with Crippen molar-refractivity contribution in [2.75, 3.05) is 11.9 Å². The summed E-state index contributed by atoms with van der Waals surface area (Å²) in [5.41, 5.74) is -0.101. The number of nitrogens with zero attached hydrogens (tertiary/aromatic N) is 3. The summed E-state index contributed by atoms with van der Waals surface area (Å²) < 4.78 is 6.54. The molecule has 3 rings (SSSR count). The predicted molar refractivity (Wildman–Crippen MR) is 96.3 cm³/mol. The van der Waals surface area contributed by atoms with Crippen molar-refractivity contribution in [1.82, 2.24) is 4.57 Å². The van der Waals surface area contributed by atoms with Crippen LogP contribution in [0, 0.1) is 10.1 Å². The number of amides is 1. The third-order valence-corrected chi connectivity index (χ3v) is 4.52. The Labute approximate surface area is 153 Å². The van der Waals surface area contributed by atoms with E-state index < -0.39 is 28.4 Å². The normalized spacial score (nSPS) is 17.1. The van der Waals surface area contributed by atoms with Gasteiger partial charge in [0.05, 0.1) is 22.8 Å². The minimum Gasteiger partial charge on any atom is -0.479 e. The van der Waals surface area contributed by atoms with Crippen molar-refractivity contribution in [3.63, 3.8) is 0 Å². The zero-order valence-electron chi connectivity index (χ0n) is 14.9. The molecule has 1 aromatic carbocycles. The highest BCUT2D eigenvalue weighted by Crippen LogP contribution is 2.34. The topological polar surface area (TPSA) is 112 Å². The van der Waals surface area contributed by atoms with Gasteiger partial charge in [0.1, 0.15) is 5.75 Å². The summed E-state index contributed by atoms with van der Waals surface area (Å²) in [5, 5.41) is 10.9. The van der Waals surface area contributed by atoms with Crippen LogP contribution in [-0.4, -0.2) is 34.3 Å². The van der Waals surface area contributed by atoms with Gasteiger partial charge in [-0.25, -0.2) is 0 Å². The van der Waals surface area contributed by atoms with Crippen molar-refractivity contribution in [1.29, 1.82) is 0 Å². The molecular weight excluding hydrogens is 354 g/mol. The molecule has 1 aliphatic heterocycles. The molecule has 2 unspecified atom stereocenters. The highest BCUT2D eigenvalue weighted by molar-refractivity contribution is 6.03. The minimum absolute atomic E-state index is 0.241. The van der Waals surface area contributed by atoms with E-state index in [0.29, 0.717) is 11.4 Å². The molecule has 9 nitrogen and oxygen atoms in total. The number of likely N-dealkylation sites (N-methyl/N-ethyl adjacent to an activating group) is 1. The second kappa shape index (κ2) is 6.67. The Morgan fingerprint density at radius 2 is 1.96 bits per heavy atom. The summed E-state index contributed by atoms with van der Waals surface area (Å²) in [6.45, 7) is 3.12. The molecule has 2 atom stereocenters. The molecule has 0 aliphatic carbocycles. The van der Waals surface area contributed by atoms with Gasteiger partial charge in [0.25, 0.3) is 17.2 Å². The van der Waals surface area contributed by atoms with Gasteiger partial charge in [0.2, 0.25) is 0 Å². The van der Waals surface area contributed by atoms with Crippen LogP contribution in [0.4, 0.5) is 11.4 Å². The molecule has 1 aliphatic rings. The van der Waals surface area contributed by atoms with Crippen LogP contribution in [0.5, 0.6) is 5.75 Å².